The molecule has 0 spiro atoms. The Kier molecular flexibility index (Phi) is 6.12. The van der Waals surface area contributed by atoms with Crippen LogP contribution in [0.15, 0.2) is 54.9 Å². The summed E-state index contributed by atoms with van der Waals surface area (Å²) < 4.78 is 40.0. The zero-order chi connectivity index (χ0) is 22.7. The molecule has 4 rings (SSSR count). The highest BCUT2D eigenvalue weighted by Gasteiger charge is 2.33. The van der Waals surface area contributed by atoms with Crippen molar-refractivity contribution in [2.45, 2.75) is 32.4 Å². The minimum absolute atomic E-state index is 0.0470. The quantitative estimate of drug-likeness (QED) is 0.591. The van der Waals surface area contributed by atoms with Crippen LogP contribution in [-0.2, 0) is 19.0 Å². The van der Waals surface area contributed by atoms with Gasteiger partial charge in [-0.1, -0.05) is 31.2 Å². The molecule has 3 aromatic rings. The van der Waals surface area contributed by atoms with E-state index in [2.05, 4.69) is 15.3 Å². The Bertz CT molecular complexity index is 1130. The summed E-state index contributed by atoms with van der Waals surface area (Å²) in [7, 11) is 0. The van der Waals surface area contributed by atoms with E-state index in [1.807, 2.05) is 30.0 Å². The molecule has 1 aliphatic heterocycles. The molecule has 0 unspecified atom stereocenters. The summed E-state index contributed by atoms with van der Waals surface area (Å²) >= 11 is 0. The first-order valence-electron chi connectivity index (χ1n) is 10.5. The SMILES string of the molecule is CCCNC(=O)c1cccc2c1CCN2c1cc(Cc2ccccc2C(F)(F)F)ncn1. The number of halogens is 3. The molecule has 0 saturated carbocycles. The summed E-state index contributed by atoms with van der Waals surface area (Å²) in [6.45, 7) is 3.24. The molecular formula is C24H23F3N4O. The second-order valence-electron chi connectivity index (χ2n) is 7.66. The number of rotatable bonds is 6. The molecule has 2 aromatic carbocycles. The standard InChI is InChI=1S/C24H23F3N4O/c1-2-11-28-23(32)19-7-5-9-21-18(19)10-12-31(21)22-14-17(29-15-30-22)13-16-6-3-4-8-20(16)24(25,26)27/h3-9,14-15H,2,10-13H2,1H3,(H,28,32). The van der Waals surface area contributed by atoms with Crippen LogP contribution in [0.4, 0.5) is 24.7 Å². The van der Waals surface area contributed by atoms with Gasteiger partial charge < -0.3 is 10.2 Å². The molecule has 0 radical (unpaired) electrons. The first kappa shape index (κ1) is 21.8. The number of amides is 1. The fourth-order valence-corrected chi connectivity index (χ4v) is 3.99. The highest BCUT2D eigenvalue weighted by atomic mass is 19.4. The van der Waals surface area contributed by atoms with E-state index in [0.29, 0.717) is 36.6 Å². The summed E-state index contributed by atoms with van der Waals surface area (Å²) in [5, 5.41) is 2.91. The Morgan fingerprint density at radius 1 is 1.12 bits per heavy atom. The van der Waals surface area contributed by atoms with Gasteiger partial charge in [0.25, 0.3) is 5.91 Å². The molecule has 8 heteroatoms. The van der Waals surface area contributed by atoms with E-state index in [0.717, 1.165) is 23.7 Å². The maximum atomic E-state index is 13.3. The average Bonchev–Trinajstić information content (AvgIpc) is 3.21. The highest BCUT2D eigenvalue weighted by molar-refractivity contribution is 5.98. The fourth-order valence-electron chi connectivity index (χ4n) is 3.99. The van der Waals surface area contributed by atoms with E-state index < -0.39 is 11.7 Å². The molecule has 1 aliphatic rings. The number of aromatic nitrogens is 2. The average molecular weight is 440 g/mol. The van der Waals surface area contributed by atoms with E-state index in [1.165, 1.54) is 18.5 Å². The van der Waals surface area contributed by atoms with Gasteiger partial charge in [-0.15, -0.1) is 0 Å². The number of alkyl halides is 3. The van der Waals surface area contributed by atoms with Gasteiger partial charge in [0.1, 0.15) is 12.1 Å². The summed E-state index contributed by atoms with van der Waals surface area (Å²) in [4.78, 5) is 23.1. The van der Waals surface area contributed by atoms with Crippen LogP contribution in [0.25, 0.3) is 0 Å². The highest BCUT2D eigenvalue weighted by Crippen LogP contribution is 2.36. The molecule has 5 nitrogen and oxygen atoms in total. The lowest BCUT2D eigenvalue weighted by molar-refractivity contribution is -0.138. The largest absolute Gasteiger partial charge is 0.416 e. The normalized spacial score (nSPS) is 13.2. The van der Waals surface area contributed by atoms with Gasteiger partial charge in [-0.25, -0.2) is 9.97 Å². The third kappa shape index (κ3) is 4.44. The van der Waals surface area contributed by atoms with Gasteiger partial charge >= 0.3 is 6.18 Å². The van der Waals surface area contributed by atoms with Crippen LogP contribution in [0, 0.1) is 0 Å². The second-order valence-corrected chi connectivity index (χ2v) is 7.66. The van der Waals surface area contributed by atoms with Crippen LogP contribution in [0.2, 0.25) is 0 Å². The van der Waals surface area contributed by atoms with Gasteiger partial charge in [-0.2, -0.15) is 13.2 Å². The number of carbonyl (C=O) groups excluding carboxylic acids is 1. The number of anilines is 2. The zero-order valence-corrected chi connectivity index (χ0v) is 17.6. The lowest BCUT2D eigenvalue weighted by Gasteiger charge is -2.19. The predicted molar refractivity (Wildman–Crippen MR) is 116 cm³/mol. The molecule has 32 heavy (non-hydrogen) atoms. The van der Waals surface area contributed by atoms with Crippen molar-refractivity contribution in [1.82, 2.24) is 15.3 Å². The fraction of sp³-hybridized carbons (Fsp3) is 0.292. The van der Waals surface area contributed by atoms with Crippen LogP contribution in [-0.4, -0.2) is 29.0 Å². The summed E-state index contributed by atoms with van der Waals surface area (Å²) in [6, 6.07) is 12.8. The maximum absolute atomic E-state index is 13.3. The van der Waals surface area contributed by atoms with Crippen molar-refractivity contribution in [3.63, 3.8) is 0 Å². The third-order valence-corrected chi connectivity index (χ3v) is 5.49. The molecule has 1 amide bonds. The summed E-state index contributed by atoms with van der Waals surface area (Å²) in [5.41, 5.74) is 2.48. The van der Waals surface area contributed by atoms with Crippen molar-refractivity contribution in [2.24, 2.45) is 0 Å². The first-order valence-corrected chi connectivity index (χ1v) is 10.5. The Morgan fingerprint density at radius 2 is 1.94 bits per heavy atom. The van der Waals surface area contributed by atoms with E-state index in [4.69, 9.17) is 0 Å². The predicted octanol–water partition coefficient (Wildman–Crippen LogP) is 4.92. The van der Waals surface area contributed by atoms with Gasteiger partial charge in [0.05, 0.1) is 11.3 Å². The summed E-state index contributed by atoms with van der Waals surface area (Å²) in [5.74, 6) is 0.502. The van der Waals surface area contributed by atoms with Crippen molar-refractivity contribution in [3.8, 4) is 0 Å². The maximum Gasteiger partial charge on any atom is 0.416 e. The number of benzene rings is 2. The van der Waals surface area contributed by atoms with Crippen LogP contribution in [0.1, 0.15) is 46.1 Å². The molecule has 0 aliphatic carbocycles. The molecule has 0 atom stereocenters. The molecule has 166 valence electrons. The minimum atomic E-state index is -4.42. The minimum Gasteiger partial charge on any atom is -0.352 e. The number of nitrogens with zero attached hydrogens (tertiary/aromatic N) is 3. The van der Waals surface area contributed by atoms with Crippen molar-refractivity contribution >= 4 is 17.4 Å². The van der Waals surface area contributed by atoms with Crippen molar-refractivity contribution < 1.29 is 18.0 Å². The van der Waals surface area contributed by atoms with Crippen LogP contribution < -0.4 is 10.2 Å². The lowest BCUT2D eigenvalue weighted by atomic mass is 10.0. The number of carbonyl (C=O) groups is 1. The van der Waals surface area contributed by atoms with Crippen LogP contribution >= 0.6 is 0 Å². The van der Waals surface area contributed by atoms with Crippen molar-refractivity contribution in [1.29, 1.82) is 0 Å². The van der Waals surface area contributed by atoms with E-state index >= 15 is 0 Å². The lowest BCUT2D eigenvalue weighted by Crippen LogP contribution is -2.25. The molecule has 1 N–H and O–H groups in total. The van der Waals surface area contributed by atoms with Gasteiger partial charge in [-0.05, 0) is 42.2 Å². The Labute approximate surface area is 184 Å². The van der Waals surface area contributed by atoms with E-state index in [-0.39, 0.29) is 17.9 Å². The van der Waals surface area contributed by atoms with Crippen LogP contribution in [0.3, 0.4) is 0 Å². The molecule has 0 saturated heterocycles. The van der Waals surface area contributed by atoms with Crippen molar-refractivity contribution in [2.75, 3.05) is 18.0 Å². The monoisotopic (exact) mass is 440 g/mol. The Morgan fingerprint density at radius 3 is 2.72 bits per heavy atom. The van der Waals surface area contributed by atoms with Gasteiger partial charge in [0, 0.05) is 36.8 Å². The van der Waals surface area contributed by atoms with E-state index in [9.17, 15) is 18.0 Å². The number of hydrogen-bond donors (Lipinski definition) is 1. The number of hydrogen-bond acceptors (Lipinski definition) is 4. The molecule has 2 heterocycles. The zero-order valence-electron chi connectivity index (χ0n) is 17.6. The summed E-state index contributed by atoms with van der Waals surface area (Å²) in [6.07, 6.45) is -1.47. The Hall–Kier alpha value is -3.42. The third-order valence-electron chi connectivity index (χ3n) is 5.49. The Balaban J connectivity index is 1.61. The number of nitrogens with one attached hydrogen (secondary N) is 1. The topological polar surface area (TPSA) is 58.1 Å². The van der Waals surface area contributed by atoms with Gasteiger partial charge in [0.2, 0.25) is 0 Å². The molecule has 0 fully saturated rings. The van der Waals surface area contributed by atoms with Crippen molar-refractivity contribution in [3.05, 3.63) is 82.8 Å². The molecule has 0 bridgehead atoms. The molecule has 1 aromatic heterocycles. The smallest absolute Gasteiger partial charge is 0.352 e. The van der Waals surface area contributed by atoms with E-state index in [1.54, 1.807) is 12.1 Å². The first-order chi connectivity index (χ1) is 15.4. The second kappa shape index (κ2) is 8.98. The molecular weight excluding hydrogens is 417 g/mol. The van der Waals surface area contributed by atoms with Crippen LogP contribution in [0.5, 0.6) is 0 Å². The number of fused-ring (bicyclic) bond motifs is 1. The van der Waals surface area contributed by atoms with Gasteiger partial charge in [-0.3, -0.25) is 4.79 Å². The van der Waals surface area contributed by atoms with Gasteiger partial charge in [0.15, 0.2) is 0 Å².